The van der Waals surface area contributed by atoms with Gasteiger partial charge in [0.1, 0.15) is 11.4 Å². The highest BCUT2D eigenvalue weighted by Gasteiger charge is 2.28. The van der Waals surface area contributed by atoms with Gasteiger partial charge in [0.15, 0.2) is 5.78 Å². The highest BCUT2D eigenvalue weighted by Crippen LogP contribution is 2.18. The van der Waals surface area contributed by atoms with Crippen LogP contribution in [0.5, 0.6) is 5.75 Å². The third-order valence-electron chi connectivity index (χ3n) is 3.84. The summed E-state index contributed by atoms with van der Waals surface area (Å²) in [6, 6.07) is 7.62. The molecule has 1 saturated heterocycles. The molecule has 0 aliphatic carbocycles. The Kier molecular flexibility index (Phi) is 6.42. The molecule has 0 N–H and O–H groups in total. The van der Waals surface area contributed by atoms with Crippen LogP contribution in [0.25, 0.3) is 0 Å². The molecule has 2 rings (SSSR count). The van der Waals surface area contributed by atoms with Crippen molar-refractivity contribution < 1.29 is 23.8 Å². The van der Waals surface area contributed by atoms with Gasteiger partial charge in [-0.05, 0) is 44.9 Å². The zero-order chi connectivity index (χ0) is 18.4. The second kappa shape index (κ2) is 8.34. The largest absolute Gasteiger partial charge is 0.497 e. The van der Waals surface area contributed by atoms with Crippen LogP contribution in [0.3, 0.4) is 0 Å². The van der Waals surface area contributed by atoms with Gasteiger partial charge in [0.05, 0.1) is 26.4 Å². The van der Waals surface area contributed by atoms with E-state index in [1.165, 1.54) is 4.90 Å². The first kappa shape index (κ1) is 19.2. The van der Waals surface area contributed by atoms with Crippen molar-refractivity contribution in [3.05, 3.63) is 29.8 Å². The Morgan fingerprint density at radius 1 is 1.24 bits per heavy atom. The standard InChI is InChI=1S/C19H27NO5/c1-19(2,3)25-18(22)20-10-9-17(11-15(21)12-20)24-13-14-5-7-16(23-4)8-6-14/h5-8,17H,9-13H2,1-4H3/t17-/m0/s1. The first-order chi connectivity index (χ1) is 11.8. The first-order valence-corrected chi connectivity index (χ1v) is 8.51. The molecule has 138 valence electrons. The smallest absolute Gasteiger partial charge is 0.410 e. The topological polar surface area (TPSA) is 65.1 Å². The number of ether oxygens (including phenoxy) is 3. The maximum atomic E-state index is 12.2. The molecule has 0 bridgehead atoms. The fraction of sp³-hybridized carbons (Fsp3) is 0.579. The molecule has 1 aliphatic rings. The second-order valence-corrected chi connectivity index (χ2v) is 7.21. The SMILES string of the molecule is COc1ccc(CO[C@H]2CCN(C(=O)OC(C)(C)C)CC(=O)C2)cc1. The number of methoxy groups -OCH3 is 1. The Bertz CT molecular complexity index is 591. The lowest BCUT2D eigenvalue weighted by Crippen LogP contribution is -2.39. The van der Waals surface area contributed by atoms with Crippen LogP contribution in [0.4, 0.5) is 4.79 Å². The van der Waals surface area contributed by atoms with Crippen LogP contribution in [0, 0.1) is 0 Å². The summed E-state index contributed by atoms with van der Waals surface area (Å²) < 4.78 is 16.4. The van der Waals surface area contributed by atoms with Gasteiger partial charge in [-0.2, -0.15) is 0 Å². The van der Waals surface area contributed by atoms with E-state index in [9.17, 15) is 9.59 Å². The molecule has 1 atom stereocenters. The van der Waals surface area contributed by atoms with Crippen molar-refractivity contribution in [3.8, 4) is 5.75 Å². The molecule has 0 saturated carbocycles. The monoisotopic (exact) mass is 349 g/mol. The minimum Gasteiger partial charge on any atom is -0.497 e. The van der Waals surface area contributed by atoms with Crippen LogP contribution in [-0.4, -0.2) is 48.7 Å². The van der Waals surface area contributed by atoms with E-state index in [1.54, 1.807) is 7.11 Å². The van der Waals surface area contributed by atoms with Gasteiger partial charge in [0.2, 0.25) is 0 Å². The van der Waals surface area contributed by atoms with Crippen LogP contribution < -0.4 is 4.74 Å². The average Bonchev–Trinajstić information content (AvgIpc) is 2.73. The predicted molar refractivity (Wildman–Crippen MR) is 93.6 cm³/mol. The molecular weight excluding hydrogens is 322 g/mol. The minimum absolute atomic E-state index is 0.0110. The number of hydrogen-bond acceptors (Lipinski definition) is 5. The average molecular weight is 349 g/mol. The maximum Gasteiger partial charge on any atom is 0.410 e. The van der Waals surface area contributed by atoms with Gasteiger partial charge >= 0.3 is 6.09 Å². The van der Waals surface area contributed by atoms with Crippen LogP contribution in [-0.2, 0) is 20.9 Å². The lowest BCUT2D eigenvalue weighted by molar-refractivity contribution is -0.121. The molecule has 0 spiro atoms. The molecule has 1 fully saturated rings. The number of carbonyl (C=O) groups is 2. The predicted octanol–water partition coefficient (Wildman–Crippen LogP) is 3.18. The summed E-state index contributed by atoms with van der Waals surface area (Å²) in [5, 5.41) is 0. The van der Waals surface area contributed by atoms with Crippen molar-refractivity contribution in [2.24, 2.45) is 0 Å². The van der Waals surface area contributed by atoms with E-state index < -0.39 is 11.7 Å². The maximum absolute atomic E-state index is 12.2. The van der Waals surface area contributed by atoms with Crippen molar-refractivity contribution in [3.63, 3.8) is 0 Å². The van der Waals surface area contributed by atoms with Crippen molar-refractivity contribution in [2.45, 2.75) is 51.9 Å². The number of ketones is 1. The minimum atomic E-state index is -0.573. The zero-order valence-corrected chi connectivity index (χ0v) is 15.4. The van der Waals surface area contributed by atoms with E-state index >= 15 is 0 Å². The van der Waals surface area contributed by atoms with Crippen molar-refractivity contribution in [1.29, 1.82) is 0 Å². The van der Waals surface area contributed by atoms with Gasteiger partial charge in [-0.25, -0.2) is 4.79 Å². The van der Waals surface area contributed by atoms with Gasteiger partial charge in [-0.1, -0.05) is 12.1 Å². The number of hydrogen-bond donors (Lipinski definition) is 0. The summed E-state index contributed by atoms with van der Waals surface area (Å²) in [5.41, 5.74) is 0.443. The third kappa shape index (κ3) is 6.38. The normalized spacial score (nSPS) is 18.6. The summed E-state index contributed by atoms with van der Waals surface area (Å²) in [4.78, 5) is 25.7. The van der Waals surface area contributed by atoms with Gasteiger partial charge < -0.3 is 19.1 Å². The summed E-state index contributed by atoms with van der Waals surface area (Å²) in [5.74, 6) is 0.782. The molecule has 1 aliphatic heterocycles. The van der Waals surface area contributed by atoms with E-state index in [0.29, 0.717) is 26.0 Å². The number of benzene rings is 1. The van der Waals surface area contributed by atoms with E-state index in [1.807, 2.05) is 45.0 Å². The van der Waals surface area contributed by atoms with E-state index in [4.69, 9.17) is 14.2 Å². The fourth-order valence-corrected chi connectivity index (χ4v) is 2.57. The van der Waals surface area contributed by atoms with E-state index in [-0.39, 0.29) is 18.4 Å². The third-order valence-corrected chi connectivity index (χ3v) is 3.84. The van der Waals surface area contributed by atoms with Gasteiger partial charge in [-0.3, -0.25) is 4.79 Å². The highest BCUT2D eigenvalue weighted by atomic mass is 16.6. The van der Waals surface area contributed by atoms with Crippen LogP contribution in [0.15, 0.2) is 24.3 Å². The van der Waals surface area contributed by atoms with Gasteiger partial charge in [-0.15, -0.1) is 0 Å². The van der Waals surface area contributed by atoms with Crippen molar-refractivity contribution in [1.82, 2.24) is 4.90 Å². The lowest BCUT2D eigenvalue weighted by Gasteiger charge is -2.26. The van der Waals surface area contributed by atoms with Gasteiger partial charge in [0.25, 0.3) is 0 Å². The Morgan fingerprint density at radius 2 is 1.92 bits per heavy atom. The molecule has 0 unspecified atom stereocenters. The van der Waals surface area contributed by atoms with Crippen molar-refractivity contribution in [2.75, 3.05) is 20.2 Å². The molecule has 6 nitrogen and oxygen atoms in total. The summed E-state index contributed by atoms with van der Waals surface area (Å²) in [6.45, 7) is 6.39. The summed E-state index contributed by atoms with van der Waals surface area (Å²) in [6.07, 6.45) is 0.287. The first-order valence-electron chi connectivity index (χ1n) is 8.51. The van der Waals surface area contributed by atoms with Crippen molar-refractivity contribution >= 4 is 11.9 Å². The quantitative estimate of drug-likeness (QED) is 0.835. The zero-order valence-electron chi connectivity index (χ0n) is 15.4. The number of Topliss-reactive ketones (excluding diaryl/α,β-unsaturated/α-hetero) is 1. The van der Waals surface area contributed by atoms with Crippen LogP contribution in [0.1, 0.15) is 39.2 Å². The molecule has 6 heteroatoms. The molecular formula is C19H27NO5. The molecule has 0 radical (unpaired) electrons. The molecule has 1 aromatic carbocycles. The summed E-state index contributed by atoms with van der Waals surface area (Å²) >= 11 is 0. The Morgan fingerprint density at radius 3 is 2.52 bits per heavy atom. The molecule has 1 amide bonds. The number of amides is 1. The Labute approximate surface area is 149 Å². The molecule has 1 aromatic rings. The number of nitrogens with zero attached hydrogens (tertiary/aromatic N) is 1. The number of likely N-dealkylation sites (tertiary alicyclic amines) is 1. The molecule has 25 heavy (non-hydrogen) atoms. The summed E-state index contributed by atoms with van der Waals surface area (Å²) in [7, 11) is 1.62. The lowest BCUT2D eigenvalue weighted by atomic mass is 10.1. The molecule has 0 aromatic heterocycles. The van der Waals surface area contributed by atoms with Crippen LogP contribution in [0.2, 0.25) is 0 Å². The van der Waals surface area contributed by atoms with E-state index in [2.05, 4.69) is 0 Å². The fourth-order valence-electron chi connectivity index (χ4n) is 2.57. The van der Waals surface area contributed by atoms with Crippen LogP contribution >= 0.6 is 0 Å². The number of rotatable bonds is 4. The Hall–Kier alpha value is -2.08. The molecule has 1 heterocycles. The number of carbonyl (C=O) groups excluding carboxylic acids is 2. The van der Waals surface area contributed by atoms with E-state index in [0.717, 1.165) is 11.3 Å². The van der Waals surface area contributed by atoms with Gasteiger partial charge in [0, 0.05) is 13.0 Å². The highest BCUT2D eigenvalue weighted by molar-refractivity contribution is 5.84. The second-order valence-electron chi connectivity index (χ2n) is 7.21. The Balaban J connectivity index is 1.87.